The number of fused-ring (bicyclic) bond motifs is 1. The normalized spacial score (nSPS) is 11.0. The summed E-state index contributed by atoms with van der Waals surface area (Å²) in [6.07, 6.45) is 0. The number of rotatable bonds is 3. The van der Waals surface area contributed by atoms with Gasteiger partial charge in [-0.25, -0.2) is 13.2 Å². The largest absolute Gasteiger partial charge is 0.337 e. The van der Waals surface area contributed by atoms with E-state index in [9.17, 15) is 18.0 Å². The van der Waals surface area contributed by atoms with Crippen molar-refractivity contribution >= 4 is 22.5 Å². The summed E-state index contributed by atoms with van der Waals surface area (Å²) in [5.41, 5.74) is 1.59. The average Bonchev–Trinajstić information content (AvgIpc) is 2.88. The first-order valence-corrected chi connectivity index (χ1v) is 7.48. The van der Waals surface area contributed by atoms with E-state index in [1.54, 1.807) is 11.5 Å². The Hall–Kier alpha value is -2.76. The summed E-state index contributed by atoms with van der Waals surface area (Å²) in [6, 6.07) is 9.29. The molecule has 0 aliphatic carbocycles. The van der Waals surface area contributed by atoms with E-state index in [1.165, 1.54) is 0 Å². The summed E-state index contributed by atoms with van der Waals surface area (Å²) in [7, 11) is 0. The lowest BCUT2D eigenvalue weighted by molar-refractivity contribution is 0.101. The molecule has 24 heavy (non-hydrogen) atoms. The van der Waals surface area contributed by atoms with Crippen molar-refractivity contribution in [3.63, 3.8) is 0 Å². The summed E-state index contributed by atoms with van der Waals surface area (Å²) >= 11 is 0. The molecule has 0 saturated carbocycles. The maximum absolute atomic E-state index is 13.8. The predicted molar refractivity (Wildman–Crippen MR) is 86.6 cm³/mol. The number of aryl methyl sites for hydroxylation is 2. The van der Waals surface area contributed by atoms with Gasteiger partial charge in [0.1, 0.15) is 5.69 Å². The summed E-state index contributed by atoms with van der Waals surface area (Å²) < 4.78 is 41.9. The first-order chi connectivity index (χ1) is 11.5. The van der Waals surface area contributed by atoms with Gasteiger partial charge in [0.15, 0.2) is 17.5 Å². The molecule has 0 bridgehead atoms. The quantitative estimate of drug-likeness (QED) is 0.697. The highest BCUT2D eigenvalue weighted by Crippen LogP contribution is 2.27. The van der Waals surface area contributed by atoms with Crippen LogP contribution in [0.15, 0.2) is 36.4 Å². The predicted octanol–water partition coefficient (Wildman–Crippen LogP) is 4.64. The van der Waals surface area contributed by atoms with Crippen LogP contribution >= 0.6 is 0 Å². The zero-order valence-corrected chi connectivity index (χ0v) is 13.2. The average molecular weight is 332 g/mol. The van der Waals surface area contributed by atoms with Crippen molar-refractivity contribution in [2.24, 2.45) is 0 Å². The number of nitrogens with zero attached hydrogens (tertiary/aromatic N) is 1. The van der Waals surface area contributed by atoms with Crippen molar-refractivity contribution in [1.82, 2.24) is 4.57 Å². The lowest BCUT2D eigenvalue weighted by Crippen LogP contribution is -2.19. The molecule has 3 rings (SSSR count). The monoisotopic (exact) mass is 332 g/mol. The first kappa shape index (κ1) is 16.1. The Balaban J connectivity index is 2.07. The van der Waals surface area contributed by atoms with Gasteiger partial charge in [-0.05, 0) is 37.6 Å². The number of benzene rings is 2. The van der Waals surface area contributed by atoms with Gasteiger partial charge in [0.25, 0.3) is 5.91 Å². The molecule has 0 radical (unpaired) electrons. The van der Waals surface area contributed by atoms with Gasteiger partial charge in [-0.2, -0.15) is 0 Å². The van der Waals surface area contributed by atoms with Gasteiger partial charge in [-0.3, -0.25) is 4.79 Å². The molecule has 3 nitrogen and oxygen atoms in total. The van der Waals surface area contributed by atoms with E-state index in [1.807, 2.05) is 31.2 Å². The minimum atomic E-state index is -1.61. The van der Waals surface area contributed by atoms with E-state index in [0.717, 1.165) is 28.6 Å². The Morgan fingerprint density at radius 3 is 2.50 bits per heavy atom. The smallest absolute Gasteiger partial charge is 0.272 e. The number of aromatic nitrogens is 1. The Morgan fingerprint density at radius 1 is 1.08 bits per heavy atom. The van der Waals surface area contributed by atoms with E-state index in [0.29, 0.717) is 12.2 Å². The highest BCUT2D eigenvalue weighted by molar-refractivity contribution is 6.08. The van der Waals surface area contributed by atoms with Crippen LogP contribution in [0.3, 0.4) is 0 Å². The number of carbonyl (C=O) groups excluding carboxylic acids is 1. The molecule has 0 unspecified atom stereocenters. The molecule has 6 heteroatoms. The molecule has 0 atom stereocenters. The number of anilines is 1. The van der Waals surface area contributed by atoms with Gasteiger partial charge in [-0.1, -0.05) is 18.2 Å². The number of para-hydroxylation sites is 1. The van der Waals surface area contributed by atoms with Crippen LogP contribution in [0.25, 0.3) is 10.9 Å². The Morgan fingerprint density at radius 2 is 1.79 bits per heavy atom. The van der Waals surface area contributed by atoms with Crippen molar-refractivity contribution in [2.45, 2.75) is 20.4 Å². The molecule has 0 saturated heterocycles. The fraction of sp³-hybridized carbons (Fsp3) is 0.167. The molecule has 1 heterocycles. The minimum Gasteiger partial charge on any atom is -0.337 e. The van der Waals surface area contributed by atoms with Gasteiger partial charge in [-0.15, -0.1) is 0 Å². The lowest BCUT2D eigenvalue weighted by Gasteiger charge is -2.11. The Labute approximate surface area is 136 Å². The minimum absolute atomic E-state index is 0.364. The van der Waals surface area contributed by atoms with Crippen molar-refractivity contribution in [2.75, 3.05) is 5.32 Å². The second-order valence-corrected chi connectivity index (χ2v) is 5.41. The van der Waals surface area contributed by atoms with Crippen LogP contribution in [0.4, 0.5) is 18.9 Å². The first-order valence-electron chi connectivity index (χ1n) is 7.48. The van der Waals surface area contributed by atoms with Gasteiger partial charge in [0.05, 0.1) is 5.69 Å². The third kappa shape index (κ3) is 2.44. The number of carbonyl (C=O) groups is 1. The summed E-state index contributed by atoms with van der Waals surface area (Å²) in [5.74, 6) is -4.90. The number of amides is 1. The maximum Gasteiger partial charge on any atom is 0.272 e. The molecule has 2 aromatic carbocycles. The van der Waals surface area contributed by atoms with Crippen molar-refractivity contribution in [3.05, 3.63) is 65.1 Å². The molecular formula is C18H15F3N2O. The molecule has 1 amide bonds. The third-order valence-corrected chi connectivity index (χ3v) is 4.04. The van der Waals surface area contributed by atoms with Crippen LogP contribution in [0.5, 0.6) is 0 Å². The van der Waals surface area contributed by atoms with Gasteiger partial charge >= 0.3 is 0 Å². The molecule has 3 aromatic rings. The van der Waals surface area contributed by atoms with Gasteiger partial charge < -0.3 is 9.88 Å². The van der Waals surface area contributed by atoms with Crippen molar-refractivity contribution in [3.8, 4) is 0 Å². The zero-order chi connectivity index (χ0) is 17.4. The third-order valence-electron chi connectivity index (χ3n) is 4.04. The highest BCUT2D eigenvalue weighted by Gasteiger charge is 2.21. The Bertz CT molecular complexity index is 947. The highest BCUT2D eigenvalue weighted by atomic mass is 19.2. The molecule has 124 valence electrons. The Kier molecular flexibility index (Phi) is 4.05. The van der Waals surface area contributed by atoms with Crippen LogP contribution in [-0.2, 0) is 6.54 Å². The summed E-state index contributed by atoms with van der Waals surface area (Å²) in [5, 5.41) is 3.24. The molecule has 0 spiro atoms. The fourth-order valence-corrected chi connectivity index (χ4v) is 2.90. The maximum atomic E-state index is 13.8. The van der Waals surface area contributed by atoms with Gasteiger partial charge in [0, 0.05) is 17.4 Å². The molecule has 1 aromatic heterocycles. The van der Waals surface area contributed by atoms with E-state index in [2.05, 4.69) is 5.32 Å². The van der Waals surface area contributed by atoms with E-state index >= 15 is 0 Å². The second kappa shape index (κ2) is 6.03. The van der Waals surface area contributed by atoms with Crippen LogP contribution < -0.4 is 5.32 Å². The molecule has 0 aliphatic rings. The zero-order valence-electron chi connectivity index (χ0n) is 13.2. The van der Waals surface area contributed by atoms with Crippen LogP contribution in [-0.4, -0.2) is 10.5 Å². The summed E-state index contributed by atoms with van der Waals surface area (Å²) in [4.78, 5) is 12.6. The van der Waals surface area contributed by atoms with Crippen molar-refractivity contribution in [1.29, 1.82) is 0 Å². The molecule has 0 aliphatic heterocycles. The molecule has 0 fully saturated rings. The molecule has 1 N–H and O–H groups in total. The number of nitrogens with one attached hydrogen (secondary N) is 1. The number of halogens is 3. The van der Waals surface area contributed by atoms with E-state index in [4.69, 9.17) is 0 Å². The lowest BCUT2D eigenvalue weighted by atomic mass is 10.1. The standard InChI is InChI=1S/C18H15F3N2O/c1-3-23-14-7-5-4-6-11(14)10(2)17(23)18(24)22-13-9-8-12(19)15(20)16(13)21/h4-9H,3H2,1-2H3,(H,22,24). The SMILES string of the molecule is CCn1c(C(=O)Nc2ccc(F)c(F)c2F)c(C)c2ccccc21. The molecular weight excluding hydrogens is 317 g/mol. The van der Waals surface area contributed by atoms with Gasteiger partial charge in [0.2, 0.25) is 0 Å². The number of hydrogen-bond donors (Lipinski definition) is 1. The van der Waals surface area contributed by atoms with Crippen molar-refractivity contribution < 1.29 is 18.0 Å². The fourth-order valence-electron chi connectivity index (χ4n) is 2.90. The summed E-state index contributed by atoms with van der Waals surface area (Å²) in [6.45, 7) is 4.23. The van der Waals surface area contributed by atoms with Crippen LogP contribution in [0.1, 0.15) is 23.0 Å². The van der Waals surface area contributed by atoms with E-state index < -0.39 is 29.0 Å². The van der Waals surface area contributed by atoms with Crippen LogP contribution in [0, 0.1) is 24.4 Å². The topological polar surface area (TPSA) is 34.0 Å². The van der Waals surface area contributed by atoms with E-state index in [-0.39, 0.29) is 0 Å². The second-order valence-electron chi connectivity index (χ2n) is 5.41. The van der Waals surface area contributed by atoms with Crippen LogP contribution in [0.2, 0.25) is 0 Å². The number of hydrogen-bond acceptors (Lipinski definition) is 1.